The monoisotopic (exact) mass is 268 g/mol. The molecule has 0 bridgehead atoms. The zero-order chi connectivity index (χ0) is 14.1. The SMILES string of the molecule is CCCC1CCCN(C(C)CCCNC(C)C)CC1. The lowest BCUT2D eigenvalue weighted by Gasteiger charge is -2.28. The first-order chi connectivity index (χ1) is 9.13. The summed E-state index contributed by atoms with van der Waals surface area (Å²) in [5.41, 5.74) is 0. The van der Waals surface area contributed by atoms with Crippen LogP contribution in [0.1, 0.15) is 72.6 Å². The second-order valence-corrected chi connectivity index (χ2v) is 6.72. The molecule has 1 N–H and O–H groups in total. The maximum absolute atomic E-state index is 3.52. The van der Waals surface area contributed by atoms with Crippen LogP contribution in [0.5, 0.6) is 0 Å². The Labute approximate surface area is 121 Å². The van der Waals surface area contributed by atoms with Crippen LogP contribution in [0.4, 0.5) is 0 Å². The zero-order valence-corrected chi connectivity index (χ0v) is 13.8. The highest BCUT2D eigenvalue weighted by Crippen LogP contribution is 2.23. The lowest BCUT2D eigenvalue weighted by molar-refractivity contribution is 0.201. The van der Waals surface area contributed by atoms with Crippen molar-refractivity contribution in [2.75, 3.05) is 19.6 Å². The van der Waals surface area contributed by atoms with Crippen molar-refractivity contribution in [3.8, 4) is 0 Å². The van der Waals surface area contributed by atoms with E-state index in [1.807, 2.05) is 0 Å². The largest absolute Gasteiger partial charge is 0.315 e. The molecule has 1 saturated heterocycles. The predicted octanol–water partition coefficient (Wildman–Crippen LogP) is 4.06. The van der Waals surface area contributed by atoms with Crippen molar-refractivity contribution in [2.24, 2.45) is 5.92 Å². The Hall–Kier alpha value is -0.0800. The fraction of sp³-hybridized carbons (Fsp3) is 1.00. The Bertz CT molecular complexity index is 215. The van der Waals surface area contributed by atoms with E-state index in [4.69, 9.17) is 0 Å². The van der Waals surface area contributed by atoms with Gasteiger partial charge in [0, 0.05) is 12.1 Å². The number of hydrogen-bond acceptors (Lipinski definition) is 2. The molecule has 0 saturated carbocycles. The molecule has 0 aromatic carbocycles. The van der Waals surface area contributed by atoms with Crippen LogP contribution in [0.3, 0.4) is 0 Å². The molecule has 1 rings (SSSR count). The van der Waals surface area contributed by atoms with Crippen LogP contribution in [0.15, 0.2) is 0 Å². The van der Waals surface area contributed by atoms with E-state index in [2.05, 4.69) is 37.9 Å². The lowest BCUT2D eigenvalue weighted by atomic mass is 9.96. The summed E-state index contributed by atoms with van der Waals surface area (Å²) >= 11 is 0. The second-order valence-electron chi connectivity index (χ2n) is 6.72. The van der Waals surface area contributed by atoms with Crippen molar-refractivity contribution >= 4 is 0 Å². The zero-order valence-electron chi connectivity index (χ0n) is 13.8. The minimum absolute atomic E-state index is 0.628. The van der Waals surface area contributed by atoms with E-state index in [0.717, 1.165) is 12.0 Å². The molecule has 0 aromatic rings. The van der Waals surface area contributed by atoms with E-state index in [9.17, 15) is 0 Å². The maximum Gasteiger partial charge on any atom is 0.00674 e. The van der Waals surface area contributed by atoms with Crippen LogP contribution in [-0.4, -0.2) is 36.6 Å². The Morgan fingerprint density at radius 3 is 2.63 bits per heavy atom. The minimum atomic E-state index is 0.628. The van der Waals surface area contributed by atoms with Gasteiger partial charge in [0.15, 0.2) is 0 Å². The molecule has 0 radical (unpaired) electrons. The van der Waals surface area contributed by atoms with Crippen LogP contribution in [0.25, 0.3) is 0 Å². The number of hydrogen-bond donors (Lipinski definition) is 1. The standard InChI is InChI=1S/C17H36N2/c1-5-8-17-10-7-13-19(14-11-17)16(4)9-6-12-18-15(2)3/h15-18H,5-14H2,1-4H3. The van der Waals surface area contributed by atoms with Crippen molar-refractivity contribution in [2.45, 2.75) is 84.7 Å². The molecular formula is C17H36N2. The molecule has 1 heterocycles. The fourth-order valence-corrected chi connectivity index (χ4v) is 3.30. The quantitative estimate of drug-likeness (QED) is 0.668. The van der Waals surface area contributed by atoms with E-state index in [1.165, 1.54) is 64.6 Å². The molecule has 114 valence electrons. The lowest BCUT2D eigenvalue weighted by Crippen LogP contribution is -2.35. The van der Waals surface area contributed by atoms with E-state index >= 15 is 0 Å². The Balaban J connectivity index is 2.19. The molecule has 19 heavy (non-hydrogen) atoms. The van der Waals surface area contributed by atoms with Crippen molar-refractivity contribution in [1.82, 2.24) is 10.2 Å². The molecule has 2 unspecified atom stereocenters. The van der Waals surface area contributed by atoms with Gasteiger partial charge in [-0.1, -0.05) is 33.6 Å². The molecule has 2 nitrogen and oxygen atoms in total. The highest BCUT2D eigenvalue weighted by atomic mass is 15.1. The van der Waals surface area contributed by atoms with Gasteiger partial charge in [-0.3, -0.25) is 0 Å². The van der Waals surface area contributed by atoms with Crippen LogP contribution in [0, 0.1) is 5.92 Å². The summed E-state index contributed by atoms with van der Waals surface area (Å²) in [7, 11) is 0. The van der Waals surface area contributed by atoms with E-state index in [0.29, 0.717) is 6.04 Å². The van der Waals surface area contributed by atoms with Crippen molar-refractivity contribution in [1.29, 1.82) is 0 Å². The van der Waals surface area contributed by atoms with Crippen molar-refractivity contribution in [3.05, 3.63) is 0 Å². The van der Waals surface area contributed by atoms with Crippen LogP contribution in [-0.2, 0) is 0 Å². The summed E-state index contributed by atoms with van der Waals surface area (Å²) in [6, 6.07) is 1.40. The number of nitrogens with zero attached hydrogens (tertiary/aromatic N) is 1. The molecule has 0 amide bonds. The van der Waals surface area contributed by atoms with Gasteiger partial charge in [0.25, 0.3) is 0 Å². The van der Waals surface area contributed by atoms with Crippen LogP contribution >= 0.6 is 0 Å². The van der Waals surface area contributed by atoms with E-state index in [1.54, 1.807) is 0 Å². The van der Waals surface area contributed by atoms with Crippen molar-refractivity contribution < 1.29 is 0 Å². The summed E-state index contributed by atoms with van der Waals surface area (Å²) in [4.78, 5) is 2.74. The summed E-state index contributed by atoms with van der Waals surface area (Å²) in [6.45, 7) is 13.1. The number of nitrogens with one attached hydrogen (secondary N) is 1. The van der Waals surface area contributed by atoms with Crippen molar-refractivity contribution in [3.63, 3.8) is 0 Å². The molecular weight excluding hydrogens is 232 g/mol. The van der Waals surface area contributed by atoms with E-state index < -0.39 is 0 Å². The van der Waals surface area contributed by atoms with Gasteiger partial charge in [-0.25, -0.2) is 0 Å². The normalized spacial score (nSPS) is 23.5. The van der Waals surface area contributed by atoms with Gasteiger partial charge in [0.2, 0.25) is 0 Å². The first-order valence-corrected chi connectivity index (χ1v) is 8.61. The van der Waals surface area contributed by atoms with Crippen LogP contribution in [0.2, 0.25) is 0 Å². The minimum Gasteiger partial charge on any atom is -0.315 e. The van der Waals surface area contributed by atoms with Gasteiger partial charge in [0.1, 0.15) is 0 Å². The topological polar surface area (TPSA) is 15.3 Å². The highest BCUT2D eigenvalue weighted by molar-refractivity contribution is 4.74. The van der Waals surface area contributed by atoms with E-state index in [-0.39, 0.29) is 0 Å². The Kier molecular flexibility index (Phi) is 8.72. The van der Waals surface area contributed by atoms with Gasteiger partial charge in [-0.05, 0) is 64.6 Å². The fourth-order valence-electron chi connectivity index (χ4n) is 3.30. The van der Waals surface area contributed by atoms with Gasteiger partial charge in [-0.15, -0.1) is 0 Å². The van der Waals surface area contributed by atoms with Crippen LogP contribution < -0.4 is 5.32 Å². The molecule has 1 fully saturated rings. The van der Waals surface area contributed by atoms with Gasteiger partial charge in [0.05, 0.1) is 0 Å². The second kappa shape index (κ2) is 9.77. The van der Waals surface area contributed by atoms with Gasteiger partial charge in [-0.2, -0.15) is 0 Å². The number of likely N-dealkylation sites (tertiary alicyclic amines) is 1. The summed E-state index contributed by atoms with van der Waals surface area (Å²) < 4.78 is 0. The maximum atomic E-state index is 3.52. The first-order valence-electron chi connectivity index (χ1n) is 8.61. The molecule has 2 heteroatoms. The molecule has 0 aromatic heterocycles. The first kappa shape index (κ1) is 17.0. The molecule has 0 aliphatic carbocycles. The Morgan fingerprint density at radius 2 is 1.95 bits per heavy atom. The predicted molar refractivity (Wildman–Crippen MR) is 85.7 cm³/mol. The smallest absolute Gasteiger partial charge is 0.00674 e. The Morgan fingerprint density at radius 1 is 1.16 bits per heavy atom. The van der Waals surface area contributed by atoms with Gasteiger partial charge >= 0.3 is 0 Å². The number of rotatable bonds is 8. The average Bonchev–Trinajstić information content (AvgIpc) is 2.60. The third kappa shape index (κ3) is 7.31. The molecule has 1 aliphatic heterocycles. The summed E-state index contributed by atoms with van der Waals surface area (Å²) in [5, 5.41) is 3.52. The highest BCUT2D eigenvalue weighted by Gasteiger charge is 2.19. The third-order valence-electron chi connectivity index (χ3n) is 4.55. The average molecular weight is 268 g/mol. The van der Waals surface area contributed by atoms with Gasteiger partial charge < -0.3 is 10.2 Å². The molecule has 0 spiro atoms. The summed E-state index contributed by atoms with van der Waals surface area (Å²) in [6.07, 6.45) is 9.78. The molecule has 2 atom stereocenters. The summed E-state index contributed by atoms with van der Waals surface area (Å²) in [5.74, 6) is 1.00. The third-order valence-corrected chi connectivity index (χ3v) is 4.55. The molecule has 1 aliphatic rings.